The molecule has 8 heteroatoms. The molecule has 0 aliphatic carbocycles. The van der Waals surface area contributed by atoms with Gasteiger partial charge in [0.1, 0.15) is 0 Å². The van der Waals surface area contributed by atoms with Crippen LogP contribution in [0.5, 0.6) is 0 Å². The first-order valence-corrected chi connectivity index (χ1v) is 9.65. The highest BCUT2D eigenvalue weighted by Gasteiger charge is 1.98. The molecule has 0 saturated carbocycles. The molecule has 6 N–H and O–H groups in total. The first-order chi connectivity index (χ1) is 12.2. The molecule has 0 aromatic heterocycles. The summed E-state index contributed by atoms with van der Waals surface area (Å²) in [6.07, 6.45) is 4.83. The molecule has 0 aromatic carbocycles. The summed E-state index contributed by atoms with van der Waals surface area (Å²) in [4.78, 5) is 22.6. The Morgan fingerprint density at radius 3 is 1.19 bits per heavy atom. The van der Waals surface area contributed by atoms with E-state index < -0.39 is 0 Å². The van der Waals surface area contributed by atoms with E-state index in [1.54, 1.807) is 0 Å². The summed E-state index contributed by atoms with van der Waals surface area (Å²) in [6.45, 7) is 10.6. The molecule has 0 aliphatic heterocycles. The van der Waals surface area contributed by atoms with Crippen molar-refractivity contribution in [3.05, 3.63) is 0 Å². The third-order valence-corrected chi connectivity index (χ3v) is 3.41. The minimum Gasteiger partial charge on any atom is -0.338 e. The SMILES string of the molecule is C.CCCNC(=O)NCCCNCCCNCCCNC(=O)NCCC. The maximum atomic E-state index is 11.3. The molecule has 0 atom stereocenters. The van der Waals surface area contributed by atoms with Crippen molar-refractivity contribution in [1.82, 2.24) is 31.9 Å². The summed E-state index contributed by atoms with van der Waals surface area (Å²) in [5, 5.41) is 17.9. The van der Waals surface area contributed by atoms with Crippen molar-refractivity contribution >= 4 is 12.1 Å². The first kappa shape index (κ1) is 26.7. The molecular formula is C18H42N6O2. The van der Waals surface area contributed by atoms with Gasteiger partial charge in [-0.15, -0.1) is 0 Å². The Bertz CT molecular complexity index is 299. The number of carbonyl (C=O) groups is 2. The third-order valence-electron chi connectivity index (χ3n) is 3.41. The molecule has 26 heavy (non-hydrogen) atoms. The van der Waals surface area contributed by atoms with Gasteiger partial charge in [-0.1, -0.05) is 21.3 Å². The third kappa shape index (κ3) is 20.5. The lowest BCUT2D eigenvalue weighted by Gasteiger charge is -2.09. The van der Waals surface area contributed by atoms with Crippen LogP contribution in [0, 0.1) is 0 Å². The fraction of sp³-hybridized carbons (Fsp3) is 0.889. The smallest absolute Gasteiger partial charge is 0.314 e. The highest BCUT2D eigenvalue weighted by atomic mass is 16.2. The van der Waals surface area contributed by atoms with E-state index in [1.165, 1.54) is 0 Å². The number of hydrogen-bond donors (Lipinski definition) is 6. The molecule has 0 bridgehead atoms. The van der Waals surface area contributed by atoms with Crippen molar-refractivity contribution in [3.63, 3.8) is 0 Å². The number of amides is 4. The molecule has 0 aromatic rings. The zero-order valence-corrected chi connectivity index (χ0v) is 16.0. The Morgan fingerprint density at radius 1 is 0.538 bits per heavy atom. The molecule has 0 aliphatic rings. The van der Waals surface area contributed by atoms with Gasteiger partial charge in [-0.2, -0.15) is 0 Å². The van der Waals surface area contributed by atoms with Crippen LogP contribution in [0.25, 0.3) is 0 Å². The van der Waals surface area contributed by atoms with E-state index in [9.17, 15) is 9.59 Å². The van der Waals surface area contributed by atoms with Gasteiger partial charge in [-0.05, 0) is 58.3 Å². The van der Waals surface area contributed by atoms with Crippen molar-refractivity contribution in [2.75, 3.05) is 52.4 Å². The molecule has 4 amide bonds. The van der Waals surface area contributed by atoms with Gasteiger partial charge >= 0.3 is 12.1 Å². The molecule has 156 valence electrons. The molecule has 0 rings (SSSR count). The predicted molar refractivity (Wildman–Crippen MR) is 110 cm³/mol. The summed E-state index contributed by atoms with van der Waals surface area (Å²) in [5.74, 6) is 0. The van der Waals surface area contributed by atoms with Crippen molar-refractivity contribution < 1.29 is 9.59 Å². The molecule has 0 spiro atoms. The molecule has 0 saturated heterocycles. The van der Waals surface area contributed by atoms with Gasteiger partial charge in [0.05, 0.1) is 0 Å². The highest BCUT2D eigenvalue weighted by Crippen LogP contribution is 1.80. The molecule has 8 nitrogen and oxygen atoms in total. The first-order valence-electron chi connectivity index (χ1n) is 9.65. The van der Waals surface area contributed by atoms with E-state index >= 15 is 0 Å². The molecule has 0 heterocycles. The van der Waals surface area contributed by atoms with E-state index in [1.807, 2.05) is 13.8 Å². The van der Waals surface area contributed by atoms with Crippen LogP contribution in [0.2, 0.25) is 0 Å². The molecule has 0 fully saturated rings. The van der Waals surface area contributed by atoms with Crippen LogP contribution >= 0.6 is 0 Å². The average molecular weight is 375 g/mol. The van der Waals surface area contributed by atoms with E-state index in [2.05, 4.69) is 31.9 Å². The van der Waals surface area contributed by atoms with Crippen LogP contribution in [0.15, 0.2) is 0 Å². The van der Waals surface area contributed by atoms with Crippen LogP contribution in [-0.4, -0.2) is 64.4 Å². The standard InChI is InChI=1S/C17H38N6O2.CH4/c1-3-8-20-16(24)22-14-6-12-18-10-5-11-19-13-7-15-23-17(25)21-9-4-2;/h18-19H,3-15H2,1-2H3,(H2,20,22,24)(H2,21,23,25);1H4. The normalized spacial score (nSPS) is 9.92. The molecule has 0 radical (unpaired) electrons. The molecular weight excluding hydrogens is 332 g/mol. The minimum atomic E-state index is -0.0802. The van der Waals surface area contributed by atoms with Gasteiger partial charge in [0, 0.05) is 26.2 Å². The Kier molecular flexibility index (Phi) is 22.1. The zero-order valence-electron chi connectivity index (χ0n) is 16.0. The number of carbonyl (C=O) groups excluding carboxylic acids is 2. The van der Waals surface area contributed by atoms with Crippen molar-refractivity contribution in [1.29, 1.82) is 0 Å². The second kappa shape index (κ2) is 21.5. The quantitative estimate of drug-likeness (QED) is 0.230. The van der Waals surface area contributed by atoms with Crippen LogP contribution in [-0.2, 0) is 0 Å². The fourth-order valence-electron chi connectivity index (χ4n) is 2.02. The minimum absolute atomic E-state index is 0. The second-order valence-corrected chi connectivity index (χ2v) is 5.93. The lowest BCUT2D eigenvalue weighted by molar-refractivity contribution is 0.240. The Morgan fingerprint density at radius 2 is 0.846 bits per heavy atom. The van der Waals surface area contributed by atoms with Gasteiger partial charge in [-0.3, -0.25) is 0 Å². The second-order valence-electron chi connectivity index (χ2n) is 5.93. The largest absolute Gasteiger partial charge is 0.338 e. The summed E-state index contributed by atoms with van der Waals surface area (Å²) < 4.78 is 0. The van der Waals surface area contributed by atoms with Crippen molar-refractivity contribution in [2.24, 2.45) is 0 Å². The summed E-state index contributed by atoms with van der Waals surface area (Å²) in [5.41, 5.74) is 0. The Balaban J connectivity index is 0. The maximum absolute atomic E-state index is 11.3. The van der Waals surface area contributed by atoms with Crippen LogP contribution < -0.4 is 31.9 Å². The van der Waals surface area contributed by atoms with Crippen LogP contribution in [0.1, 0.15) is 53.4 Å². The number of urea groups is 2. The number of hydrogen-bond acceptors (Lipinski definition) is 4. The fourth-order valence-corrected chi connectivity index (χ4v) is 2.02. The van der Waals surface area contributed by atoms with Gasteiger partial charge < -0.3 is 31.9 Å². The summed E-state index contributed by atoms with van der Waals surface area (Å²) in [7, 11) is 0. The Hall–Kier alpha value is -1.54. The van der Waals surface area contributed by atoms with Gasteiger partial charge in [0.25, 0.3) is 0 Å². The van der Waals surface area contributed by atoms with E-state index in [0.717, 1.165) is 71.4 Å². The molecule has 0 unspecified atom stereocenters. The van der Waals surface area contributed by atoms with Crippen LogP contribution in [0.4, 0.5) is 9.59 Å². The highest BCUT2D eigenvalue weighted by molar-refractivity contribution is 5.74. The Labute approximate surface area is 160 Å². The predicted octanol–water partition coefficient (Wildman–Crippen LogP) is 1.39. The summed E-state index contributed by atoms with van der Waals surface area (Å²) >= 11 is 0. The topological polar surface area (TPSA) is 106 Å². The monoisotopic (exact) mass is 374 g/mol. The van der Waals surface area contributed by atoms with Gasteiger partial charge in [0.15, 0.2) is 0 Å². The summed E-state index contributed by atoms with van der Waals surface area (Å²) in [6, 6.07) is -0.160. The number of nitrogens with one attached hydrogen (secondary N) is 6. The maximum Gasteiger partial charge on any atom is 0.314 e. The van der Waals surface area contributed by atoms with Crippen LogP contribution in [0.3, 0.4) is 0 Å². The van der Waals surface area contributed by atoms with Crippen molar-refractivity contribution in [2.45, 2.75) is 53.4 Å². The van der Waals surface area contributed by atoms with Gasteiger partial charge in [0.2, 0.25) is 0 Å². The number of rotatable bonds is 16. The lowest BCUT2D eigenvalue weighted by atomic mass is 10.3. The average Bonchev–Trinajstić information content (AvgIpc) is 2.61. The van der Waals surface area contributed by atoms with E-state index in [0.29, 0.717) is 13.1 Å². The van der Waals surface area contributed by atoms with Gasteiger partial charge in [-0.25, -0.2) is 9.59 Å². The van der Waals surface area contributed by atoms with E-state index in [-0.39, 0.29) is 19.5 Å². The van der Waals surface area contributed by atoms with Crippen molar-refractivity contribution in [3.8, 4) is 0 Å². The zero-order chi connectivity index (χ0) is 18.6. The lowest BCUT2D eigenvalue weighted by Crippen LogP contribution is -2.37. The van der Waals surface area contributed by atoms with E-state index in [4.69, 9.17) is 0 Å².